The minimum atomic E-state index is 0.344. The van der Waals surface area contributed by atoms with E-state index in [9.17, 15) is 0 Å². The summed E-state index contributed by atoms with van der Waals surface area (Å²) in [5, 5.41) is 7.10. The van der Waals surface area contributed by atoms with Crippen LogP contribution in [0.2, 0.25) is 0 Å². The molecule has 3 aromatic rings. The number of thiophene rings is 1. The number of fused-ring (bicyclic) bond motifs is 1. The minimum Gasteiger partial charge on any atom is -0.310 e. The maximum absolute atomic E-state index is 4.48. The average molecular weight is 296 g/mol. The Balaban J connectivity index is 1.97. The van der Waals surface area contributed by atoms with E-state index >= 15 is 0 Å². The third-order valence-electron chi connectivity index (χ3n) is 3.68. The second-order valence-corrected chi connectivity index (χ2v) is 6.24. The van der Waals surface area contributed by atoms with E-state index in [2.05, 4.69) is 59.0 Å². The van der Waals surface area contributed by atoms with Gasteiger partial charge in [-0.15, -0.1) is 11.3 Å². The predicted molar refractivity (Wildman–Crippen MR) is 90.8 cm³/mol. The zero-order valence-corrected chi connectivity index (χ0v) is 13.1. The van der Waals surface area contributed by atoms with Crippen LogP contribution in [0.25, 0.3) is 10.9 Å². The molecule has 0 amide bonds. The van der Waals surface area contributed by atoms with Crippen molar-refractivity contribution in [1.82, 2.24) is 10.3 Å². The van der Waals surface area contributed by atoms with Crippen molar-refractivity contribution in [2.24, 2.45) is 0 Å². The molecule has 2 nitrogen and oxygen atoms in total. The van der Waals surface area contributed by atoms with Gasteiger partial charge in [-0.25, -0.2) is 0 Å². The summed E-state index contributed by atoms with van der Waals surface area (Å²) in [6, 6.07) is 15.2. The van der Waals surface area contributed by atoms with Crippen LogP contribution in [-0.4, -0.2) is 11.5 Å². The number of benzene rings is 1. The Labute approximate surface area is 129 Å². The molecule has 0 aliphatic heterocycles. The fourth-order valence-corrected chi connectivity index (χ4v) is 3.41. The first kappa shape index (κ1) is 14.2. The Morgan fingerprint density at radius 1 is 1.14 bits per heavy atom. The first-order valence-electron chi connectivity index (χ1n) is 7.48. The molecule has 1 atom stereocenters. The van der Waals surface area contributed by atoms with Crippen molar-refractivity contribution in [3.8, 4) is 0 Å². The molecular formula is C18H20N2S. The molecule has 0 aliphatic carbocycles. The molecule has 1 N–H and O–H groups in total. The van der Waals surface area contributed by atoms with Crippen LogP contribution in [0.15, 0.2) is 54.0 Å². The number of pyridine rings is 1. The van der Waals surface area contributed by atoms with E-state index in [1.54, 1.807) is 0 Å². The van der Waals surface area contributed by atoms with Crippen molar-refractivity contribution in [3.63, 3.8) is 0 Å². The zero-order valence-electron chi connectivity index (χ0n) is 12.3. The molecule has 3 rings (SSSR count). The number of nitrogens with zero attached hydrogens (tertiary/aromatic N) is 1. The van der Waals surface area contributed by atoms with Gasteiger partial charge in [0.1, 0.15) is 0 Å². The van der Waals surface area contributed by atoms with E-state index < -0.39 is 0 Å². The Kier molecular flexibility index (Phi) is 4.63. The van der Waals surface area contributed by atoms with Crippen molar-refractivity contribution in [2.75, 3.05) is 6.54 Å². The standard InChI is InChI=1S/C18H20N2S/c1-2-10-19-18(13-14-6-5-12-21-14)16-9-11-20-17-8-4-3-7-15(16)17/h3-9,11-12,18-19H,2,10,13H2,1H3. The molecular weight excluding hydrogens is 276 g/mol. The lowest BCUT2D eigenvalue weighted by molar-refractivity contribution is 0.535. The molecule has 0 bridgehead atoms. The summed E-state index contributed by atoms with van der Waals surface area (Å²) >= 11 is 1.83. The van der Waals surface area contributed by atoms with Crippen molar-refractivity contribution in [3.05, 3.63) is 64.5 Å². The highest BCUT2D eigenvalue weighted by atomic mass is 32.1. The normalized spacial score (nSPS) is 12.6. The number of nitrogens with one attached hydrogen (secondary N) is 1. The van der Waals surface area contributed by atoms with Crippen molar-refractivity contribution in [2.45, 2.75) is 25.8 Å². The molecule has 2 aromatic heterocycles. The summed E-state index contributed by atoms with van der Waals surface area (Å²) in [7, 11) is 0. The number of rotatable bonds is 6. The van der Waals surface area contributed by atoms with E-state index in [-0.39, 0.29) is 0 Å². The van der Waals surface area contributed by atoms with E-state index in [1.165, 1.54) is 15.8 Å². The van der Waals surface area contributed by atoms with Crippen LogP contribution in [0.4, 0.5) is 0 Å². The van der Waals surface area contributed by atoms with Crippen LogP contribution in [0.3, 0.4) is 0 Å². The number of hydrogen-bond donors (Lipinski definition) is 1. The van der Waals surface area contributed by atoms with Crippen LogP contribution in [0.1, 0.15) is 29.8 Å². The maximum Gasteiger partial charge on any atom is 0.0705 e. The van der Waals surface area contributed by atoms with E-state index in [4.69, 9.17) is 0 Å². The average Bonchev–Trinajstić information content (AvgIpc) is 3.04. The Morgan fingerprint density at radius 2 is 2.05 bits per heavy atom. The van der Waals surface area contributed by atoms with Crippen LogP contribution >= 0.6 is 11.3 Å². The van der Waals surface area contributed by atoms with Crippen molar-refractivity contribution >= 4 is 22.2 Å². The molecule has 108 valence electrons. The quantitative estimate of drug-likeness (QED) is 0.720. The molecule has 2 heterocycles. The number of hydrogen-bond acceptors (Lipinski definition) is 3. The minimum absolute atomic E-state index is 0.344. The summed E-state index contributed by atoms with van der Waals surface area (Å²) in [5.41, 5.74) is 2.42. The zero-order chi connectivity index (χ0) is 14.5. The first-order valence-corrected chi connectivity index (χ1v) is 8.36. The SMILES string of the molecule is CCCNC(Cc1cccs1)c1ccnc2ccccc12. The summed E-state index contributed by atoms with van der Waals surface area (Å²) < 4.78 is 0. The maximum atomic E-state index is 4.48. The summed E-state index contributed by atoms with van der Waals surface area (Å²) in [4.78, 5) is 5.90. The van der Waals surface area contributed by atoms with Gasteiger partial charge in [0.2, 0.25) is 0 Å². The summed E-state index contributed by atoms with van der Waals surface area (Å²) in [6.07, 6.45) is 4.10. The smallest absolute Gasteiger partial charge is 0.0705 e. The largest absolute Gasteiger partial charge is 0.310 e. The highest BCUT2D eigenvalue weighted by molar-refractivity contribution is 7.09. The monoisotopic (exact) mass is 296 g/mol. The van der Waals surface area contributed by atoms with Gasteiger partial charge < -0.3 is 5.32 Å². The molecule has 3 heteroatoms. The van der Waals surface area contributed by atoms with Gasteiger partial charge in [-0.1, -0.05) is 31.2 Å². The van der Waals surface area contributed by atoms with Gasteiger partial charge in [-0.3, -0.25) is 4.98 Å². The molecule has 1 unspecified atom stereocenters. The highest BCUT2D eigenvalue weighted by Crippen LogP contribution is 2.27. The van der Waals surface area contributed by atoms with Gasteiger partial charge in [0, 0.05) is 28.9 Å². The summed E-state index contributed by atoms with van der Waals surface area (Å²) in [5.74, 6) is 0. The number of para-hydroxylation sites is 1. The topological polar surface area (TPSA) is 24.9 Å². The van der Waals surface area contributed by atoms with E-state index in [0.717, 1.165) is 24.9 Å². The van der Waals surface area contributed by atoms with E-state index in [1.807, 2.05) is 23.6 Å². The second-order valence-electron chi connectivity index (χ2n) is 5.21. The molecule has 0 saturated heterocycles. The van der Waals surface area contributed by atoms with Crippen LogP contribution in [0.5, 0.6) is 0 Å². The molecule has 0 saturated carbocycles. The van der Waals surface area contributed by atoms with Gasteiger partial charge >= 0.3 is 0 Å². The van der Waals surface area contributed by atoms with Gasteiger partial charge in [0.15, 0.2) is 0 Å². The Morgan fingerprint density at radius 3 is 2.86 bits per heavy atom. The fraction of sp³-hybridized carbons (Fsp3) is 0.278. The molecule has 0 fully saturated rings. The van der Waals surface area contributed by atoms with Crippen LogP contribution < -0.4 is 5.32 Å². The Hall–Kier alpha value is -1.71. The third kappa shape index (κ3) is 3.31. The van der Waals surface area contributed by atoms with Crippen LogP contribution in [0, 0.1) is 0 Å². The molecule has 0 aliphatic rings. The van der Waals surface area contributed by atoms with Gasteiger partial charge in [-0.05, 0) is 42.1 Å². The molecule has 21 heavy (non-hydrogen) atoms. The fourth-order valence-electron chi connectivity index (χ4n) is 2.66. The van der Waals surface area contributed by atoms with Crippen LogP contribution in [-0.2, 0) is 6.42 Å². The van der Waals surface area contributed by atoms with Gasteiger partial charge in [0.25, 0.3) is 0 Å². The molecule has 0 radical (unpaired) electrons. The lowest BCUT2D eigenvalue weighted by Crippen LogP contribution is -2.24. The number of aromatic nitrogens is 1. The lowest BCUT2D eigenvalue weighted by Gasteiger charge is -2.20. The third-order valence-corrected chi connectivity index (χ3v) is 4.58. The lowest BCUT2D eigenvalue weighted by atomic mass is 9.99. The second kappa shape index (κ2) is 6.83. The van der Waals surface area contributed by atoms with Gasteiger partial charge in [0.05, 0.1) is 5.52 Å². The van der Waals surface area contributed by atoms with Crippen molar-refractivity contribution < 1.29 is 0 Å². The molecule has 0 spiro atoms. The molecule has 1 aromatic carbocycles. The Bertz CT molecular complexity index is 686. The van der Waals surface area contributed by atoms with Gasteiger partial charge in [-0.2, -0.15) is 0 Å². The first-order chi connectivity index (χ1) is 10.4. The highest BCUT2D eigenvalue weighted by Gasteiger charge is 2.15. The van der Waals surface area contributed by atoms with E-state index in [0.29, 0.717) is 6.04 Å². The van der Waals surface area contributed by atoms with Crippen molar-refractivity contribution in [1.29, 1.82) is 0 Å². The summed E-state index contributed by atoms with van der Waals surface area (Å²) in [6.45, 7) is 3.24. The predicted octanol–water partition coefficient (Wildman–Crippen LogP) is 4.58.